The van der Waals surface area contributed by atoms with Gasteiger partial charge in [0.15, 0.2) is 0 Å². The van der Waals surface area contributed by atoms with Gasteiger partial charge in [-0.25, -0.2) is 0 Å². The van der Waals surface area contributed by atoms with E-state index in [1.165, 1.54) is 54.6 Å². The summed E-state index contributed by atoms with van der Waals surface area (Å²) in [5, 5.41) is 73.0. The molecule has 0 saturated carbocycles. The zero-order chi connectivity index (χ0) is 24.9. The summed E-state index contributed by atoms with van der Waals surface area (Å²) in [6.45, 7) is 0. The molecule has 5 rings (SSSR count). The van der Waals surface area contributed by atoms with Crippen LogP contribution in [0.25, 0.3) is 0 Å². The lowest BCUT2D eigenvalue weighted by Crippen LogP contribution is -2.18. The van der Waals surface area contributed by atoms with Gasteiger partial charge in [-0.2, -0.15) is 0 Å². The Morgan fingerprint density at radius 3 is 1.69 bits per heavy atom. The number of phenols is 6. The van der Waals surface area contributed by atoms with Crippen molar-refractivity contribution < 1.29 is 35.7 Å². The Morgan fingerprint density at radius 1 is 0.543 bits per heavy atom. The van der Waals surface area contributed by atoms with Gasteiger partial charge >= 0.3 is 0 Å². The minimum Gasteiger partial charge on any atom is -0.508 e. The third-order valence-corrected chi connectivity index (χ3v) is 6.73. The van der Waals surface area contributed by atoms with Crippen LogP contribution in [0.15, 0.2) is 78.9 Å². The lowest BCUT2D eigenvalue weighted by Gasteiger charge is -2.30. The molecule has 4 aromatic carbocycles. The molecule has 7 heteroatoms. The van der Waals surface area contributed by atoms with E-state index in [0.717, 1.165) is 5.56 Å². The van der Waals surface area contributed by atoms with Crippen molar-refractivity contribution in [1.29, 1.82) is 0 Å². The lowest BCUT2D eigenvalue weighted by atomic mass is 9.75. The minimum absolute atomic E-state index is 0.0412. The second kappa shape index (κ2) is 8.45. The van der Waals surface area contributed by atoms with Gasteiger partial charge in [0.05, 0.1) is 6.10 Å². The summed E-state index contributed by atoms with van der Waals surface area (Å²) in [4.78, 5) is 0. The normalized spacial score (nSPS) is 19.9. The molecule has 0 fully saturated rings. The molecule has 0 spiro atoms. The Labute approximate surface area is 201 Å². The highest BCUT2D eigenvalue weighted by molar-refractivity contribution is 5.60. The molecule has 7 nitrogen and oxygen atoms in total. The second-order valence-corrected chi connectivity index (χ2v) is 8.91. The van der Waals surface area contributed by atoms with Crippen LogP contribution in [0, 0.1) is 0 Å². The number of rotatable bonds is 4. The van der Waals surface area contributed by atoms with E-state index in [2.05, 4.69) is 0 Å². The van der Waals surface area contributed by atoms with Crippen LogP contribution in [0.4, 0.5) is 0 Å². The molecule has 0 heterocycles. The first-order valence-electron chi connectivity index (χ1n) is 11.1. The van der Waals surface area contributed by atoms with Gasteiger partial charge in [-0.05, 0) is 64.7 Å². The van der Waals surface area contributed by atoms with Gasteiger partial charge in [-0.3, -0.25) is 0 Å². The molecule has 0 radical (unpaired) electrons. The molecule has 1 aliphatic carbocycles. The summed E-state index contributed by atoms with van der Waals surface area (Å²) in [7, 11) is 0. The number of fused-ring (bicyclic) bond motifs is 1. The topological polar surface area (TPSA) is 142 Å². The molecule has 0 amide bonds. The zero-order valence-electron chi connectivity index (χ0n) is 18.4. The van der Waals surface area contributed by atoms with E-state index >= 15 is 0 Å². The van der Waals surface area contributed by atoms with E-state index in [4.69, 9.17) is 0 Å². The first kappa shape index (κ1) is 22.4. The quantitative estimate of drug-likeness (QED) is 0.229. The SMILES string of the molecule is Oc1ccc([C@@H]2c3c(O)cc(O)cc3[C@H]([C@@H](O)c3ccc(O)cc3)[C@H]2c2cc(O)cc(O)c2)cc1. The summed E-state index contributed by atoms with van der Waals surface area (Å²) < 4.78 is 0. The van der Waals surface area contributed by atoms with Crippen LogP contribution in [0.1, 0.15) is 51.7 Å². The van der Waals surface area contributed by atoms with Crippen LogP contribution in [-0.2, 0) is 0 Å². The first-order chi connectivity index (χ1) is 16.7. The van der Waals surface area contributed by atoms with Crippen molar-refractivity contribution in [2.45, 2.75) is 23.9 Å². The Kier molecular flexibility index (Phi) is 5.42. The molecule has 0 unspecified atom stereocenters. The van der Waals surface area contributed by atoms with Crippen LogP contribution >= 0.6 is 0 Å². The molecule has 0 aliphatic heterocycles. The van der Waals surface area contributed by atoms with E-state index in [9.17, 15) is 35.7 Å². The van der Waals surface area contributed by atoms with E-state index < -0.39 is 23.9 Å². The molecule has 1 aliphatic rings. The maximum Gasteiger partial charge on any atom is 0.123 e. The molecule has 4 aromatic rings. The Morgan fingerprint density at radius 2 is 1.09 bits per heavy atom. The van der Waals surface area contributed by atoms with Crippen molar-refractivity contribution >= 4 is 0 Å². The summed E-state index contributed by atoms with van der Waals surface area (Å²) in [5.41, 5.74) is 2.73. The molecule has 35 heavy (non-hydrogen) atoms. The predicted molar refractivity (Wildman–Crippen MR) is 128 cm³/mol. The molecular weight excluding hydrogens is 448 g/mol. The van der Waals surface area contributed by atoms with E-state index in [1.54, 1.807) is 24.3 Å². The number of hydrogen-bond donors (Lipinski definition) is 7. The van der Waals surface area contributed by atoms with E-state index in [1.807, 2.05) is 0 Å². The second-order valence-electron chi connectivity index (χ2n) is 8.91. The fourth-order valence-electron chi connectivity index (χ4n) is 5.35. The van der Waals surface area contributed by atoms with Gasteiger partial charge in [0.2, 0.25) is 0 Å². The highest BCUT2D eigenvalue weighted by Gasteiger charge is 2.47. The average molecular weight is 472 g/mol. The lowest BCUT2D eigenvalue weighted by molar-refractivity contribution is 0.134. The fraction of sp³-hybridized carbons (Fsp3) is 0.143. The summed E-state index contributed by atoms with van der Waals surface area (Å²) >= 11 is 0. The van der Waals surface area contributed by atoms with Crippen LogP contribution in [0.3, 0.4) is 0 Å². The average Bonchev–Trinajstić information content (AvgIpc) is 3.14. The standard InChI is InChI=1S/C28H24O7/c29-17-5-1-14(2-6-17)24-25(16-9-19(31)11-20(32)10-16)27(22-12-21(33)13-23(34)26(22)24)28(35)15-3-7-18(30)8-4-15/h1-13,24-25,27-35H/t24-,25-,27-,28-/m0/s1. The van der Waals surface area contributed by atoms with Crippen LogP contribution in [0.5, 0.6) is 34.5 Å². The smallest absolute Gasteiger partial charge is 0.123 e. The molecule has 4 atom stereocenters. The molecule has 0 bridgehead atoms. The van der Waals surface area contributed by atoms with Gasteiger partial charge in [-0.15, -0.1) is 0 Å². The summed E-state index contributed by atoms with van der Waals surface area (Å²) in [6.07, 6.45) is -1.13. The zero-order valence-corrected chi connectivity index (χ0v) is 18.4. The van der Waals surface area contributed by atoms with Crippen molar-refractivity contribution in [3.8, 4) is 34.5 Å². The third kappa shape index (κ3) is 3.96. The van der Waals surface area contributed by atoms with Gasteiger partial charge in [0, 0.05) is 35.4 Å². The predicted octanol–water partition coefficient (Wildman–Crippen LogP) is 4.67. The molecular formula is C28H24O7. The third-order valence-electron chi connectivity index (χ3n) is 6.73. The molecule has 7 N–H and O–H groups in total. The minimum atomic E-state index is -1.13. The van der Waals surface area contributed by atoms with Crippen LogP contribution in [0.2, 0.25) is 0 Å². The number of hydrogen-bond acceptors (Lipinski definition) is 7. The summed E-state index contributed by atoms with van der Waals surface area (Å²) in [6, 6.07) is 19.5. The molecule has 0 aromatic heterocycles. The van der Waals surface area contributed by atoms with Crippen molar-refractivity contribution in [2.75, 3.05) is 0 Å². The van der Waals surface area contributed by atoms with Crippen LogP contribution < -0.4 is 0 Å². The Balaban J connectivity index is 1.79. The van der Waals surface area contributed by atoms with E-state index in [-0.39, 0.29) is 34.5 Å². The molecule has 0 saturated heterocycles. The molecule has 178 valence electrons. The van der Waals surface area contributed by atoms with Gasteiger partial charge in [-0.1, -0.05) is 24.3 Å². The van der Waals surface area contributed by atoms with Crippen molar-refractivity contribution in [3.05, 3.63) is 107 Å². The maximum atomic E-state index is 11.6. The fourth-order valence-corrected chi connectivity index (χ4v) is 5.35. The van der Waals surface area contributed by atoms with Gasteiger partial charge in [0.1, 0.15) is 34.5 Å². The Hall–Kier alpha value is -4.36. The number of aliphatic hydroxyl groups is 1. The Bertz CT molecular complexity index is 1360. The number of aliphatic hydroxyl groups excluding tert-OH is 1. The van der Waals surface area contributed by atoms with Gasteiger partial charge < -0.3 is 35.7 Å². The number of phenolic OH excluding ortho intramolecular Hbond substituents is 6. The maximum absolute atomic E-state index is 11.6. The van der Waals surface area contributed by atoms with Crippen LogP contribution in [-0.4, -0.2) is 35.7 Å². The van der Waals surface area contributed by atoms with Gasteiger partial charge in [0.25, 0.3) is 0 Å². The van der Waals surface area contributed by atoms with Crippen molar-refractivity contribution in [3.63, 3.8) is 0 Å². The van der Waals surface area contributed by atoms with Crippen molar-refractivity contribution in [1.82, 2.24) is 0 Å². The highest BCUT2D eigenvalue weighted by Crippen LogP contribution is 2.61. The van der Waals surface area contributed by atoms with E-state index in [0.29, 0.717) is 22.3 Å². The monoisotopic (exact) mass is 472 g/mol. The van der Waals surface area contributed by atoms with Crippen molar-refractivity contribution in [2.24, 2.45) is 0 Å². The number of aromatic hydroxyl groups is 6. The number of benzene rings is 4. The summed E-state index contributed by atoms with van der Waals surface area (Å²) in [5.74, 6) is -2.41. The largest absolute Gasteiger partial charge is 0.508 e. The highest BCUT2D eigenvalue weighted by atomic mass is 16.3. The first-order valence-corrected chi connectivity index (χ1v) is 11.1.